The predicted molar refractivity (Wildman–Crippen MR) is 116 cm³/mol. The van der Waals surface area contributed by atoms with E-state index in [1.54, 1.807) is 0 Å². The number of aromatic hydroxyl groups is 1. The second-order valence-electron chi connectivity index (χ2n) is 8.96. The molecule has 1 amide bonds. The van der Waals surface area contributed by atoms with E-state index in [1.807, 2.05) is 0 Å². The largest absolute Gasteiger partial charge is 0.508 e. The summed E-state index contributed by atoms with van der Waals surface area (Å²) < 4.78 is 0. The van der Waals surface area contributed by atoms with E-state index in [-0.39, 0.29) is 34.9 Å². The molecule has 10 nitrogen and oxygen atoms in total. The summed E-state index contributed by atoms with van der Waals surface area (Å²) in [6.45, 7) is 1.40. The minimum atomic E-state index is -2.75. The molecule has 0 saturated heterocycles. The zero-order valence-electron chi connectivity index (χ0n) is 18.2. The average molecular weight is 471 g/mol. The Labute approximate surface area is 199 Å². The third-order valence-electron chi connectivity index (χ3n) is 7.02. The Kier molecular flexibility index (Phi) is 5.81. The highest BCUT2D eigenvalue weighted by atomic mass is 27.0. The Morgan fingerprint density at radius 3 is 2.30 bits per heavy atom. The van der Waals surface area contributed by atoms with Crippen molar-refractivity contribution in [2.24, 2.45) is 17.6 Å². The summed E-state index contributed by atoms with van der Waals surface area (Å²) in [6.07, 6.45) is -0.200. The van der Waals surface area contributed by atoms with Gasteiger partial charge in [0, 0.05) is 34.8 Å². The van der Waals surface area contributed by atoms with Crippen LogP contribution in [-0.2, 0) is 20.0 Å². The monoisotopic (exact) mass is 471 g/mol. The van der Waals surface area contributed by atoms with Gasteiger partial charge in [-0.3, -0.25) is 19.3 Å². The smallest absolute Gasteiger partial charge is 0.255 e. The lowest BCUT2D eigenvalue weighted by Crippen LogP contribution is -2.67. The summed E-state index contributed by atoms with van der Waals surface area (Å²) in [5, 5.41) is 54.9. The maximum Gasteiger partial charge on any atom is 0.255 e. The van der Waals surface area contributed by atoms with Crippen molar-refractivity contribution in [2.75, 3.05) is 14.1 Å². The molecule has 0 heterocycles. The molecule has 0 unspecified atom stereocenters. The van der Waals surface area contributed by atoms with Gasteiger partial charge in [-0.05, 0) is 39.1 Å². The molecule has 0 aromatic heterocycles. The van der Waals surface area contributed by atoms with Crippen molar-refractivity contribution in [3.63, 3.8) is 0 Å². The molecule has 0 spiro atoms. The number of hydrogen-bond acceptors (Lipinski definition) is 9. The van der Waals surface area contributed by atoms with Gasteiger partial charge in [-0.25, -0.2) is 0 Å². The molecule has 3 aliphatic rings. The summed E-state index contributed by atoms with van der Waals surface area (Å²) >= 11 is 0. The zero-order chi connectivity index (χ0) is 23.9. The lowest BCUT2D eigenvalue weighted by molar-refractivity contribution is -0.159. The minimum Gasteiger partial charge on any atom is -0.508 e. The first-order valence-electron chi connectivity index (χ1n) is 9.97. The summed E-state index contributed by atoms with van der Waals surface area (Å²) in [6, 6.07) is 3.02. The van der Waals surface area contributed by atoms with E-state index in [1.165, 1.54) is 44.1 Å². The van der Waals surface area contributed by atoms with E-state index < -0.39 is 75.0 Å². The molecule has 1 saturated carbocycles. The van der Waals surface area contributed by atoms with Crippen LogP contribution in [0.2, 0.25) is 0 Å². The number of aliphatic hydroxyl groups is 4. The quantitative estimate of drug-likeness (QED) is 0.239. The number of ketones is 2. The number of nitrogens with zero attached hydrogens (tertiary/aromatic N) is 1. The molecular weight excluding hydrogens is 447 g/mol. The van der Waals surface area contributed by atoms with Gasteiger partial charge >= 0.3 is 0 Å². The van der Waals surface area contributed by atoms with Crippen molar-refractivity contribution in [3.8, 4) is 5.75 Å². The molecule has 33 heavy (non-hydrogen) atoms. The summed E-state index contributed by atoms with van der Waals surface area (Å²) in [5.41, 5.74) is -0.548. The van der Waals surface area contributed by atoms with Crippen LogP contribution in [0.25, 0.3) is 5.76 Å². The summed E-state index contributed by atoms with van der Waals surface area (Å²) in [7, 11) is 3.01. The van der Waals surface area contributed by atoms with E-state index >= 15 is 0 Å². The fourth-order valence-electron chi connectivity index (χ4n) is 5.50. The first-order valence-corrected chi connectivity index (χ1v) is 9.97. The molecule has 0 bridgehead atoms. The van der Waals surface area contributed by atoms with E-state index in [0.29, 0.717) is 0 Å². The molecule has 173 valence electrons. The number of primary amides is 1. The van der Waals surface area contributed by atoms with Crippen LogP contribution >= 0.6 is 0 Å². The summed E-state index contributed by atoms with van der Waals surface area (Å²) in [5.74, 6) is -7.90. The van der Waals surface area contributed by atoms with Crippen LogP contribution in [0.5, 0.6) is 5.75 Å². The average Bonchev–Trinajstić information content (AvgIpc) is 2.68. The third kappa shape index (κ3) is 3.01. The molecule has 4 rings (SSSR count). The molecule has 3 aliphatic carbocycles. The van der Waals surface area contributed by atoms with E-state index in [9.17, 15) is 39.9 Å². The number of phenolic OH excluding ortho intramolecular Hbond substituents is 1. The molecule has 1 fully saturated rings. The Balaban J connectivity index is 0.00000306. The van der Waals surface area contributed by atoms with Crippen molar-refractivity contribution in [1.29, 1.82) is 0 Å². The Morgan fingerprint density at radius 1 is 1.15 bits per heavy atom. The SMILES string of the molecule is CN(C)[C@@H]1C(=O)C(C(N)=O)=C(O)[C@@]2(O)C(=O)C3=C(O)c4c(O)cccc4[C@@](C)(O)[C@H]3C[C@@H]12.[Al]. The number of Topliss-reactive ketones (excluding diaryl/α,β-unsaturated/α-hetero) is 2. The first-order chi connectivity index (χ1) is 14.8. The number of amides is 1. The molecular formula is C22H24AlN2O8. The van der Waals surface area contributed by atoms with Crippen LogP contribution in [0.4, 0.5) is 0 Å². The van der Waals surface area contributed by atoms with Gasteiger partial charge in [0.15, 0.2) is 11.4 Å². The number of carbonyl (C=O) groups is 3. The Bertz CT molecular complexity index is 1160. The fourth-order valence-corrected chi connectivity index (χ4v) is 5.50. The molecule has 0 aliphatic heterocycles. The van der Waals surface area contributed by atoms with Gasteiger partial charge in [-0.2, -0.15) is 0 Å². The highest BCUT2D eigenvalue weighted by molar-refractivity contribution is 6.24. The number of rotatable bonds is 2. The van der Waals surface area contributed by atoms with E-state index in [4.69, 9.17) is 5.73 Å². The minimum absolute atomic E-state index is 0. The molecule has 1 aromatic carbocycles. The van der Waals surface area contributed by atoms with Crippen LogP contribution in [0.15, 0.2) is 35.1 Å². The number of likely N-dealkylation sites (N-methyl/N-ethyl adjacent to an activating group) is 1. The number of carbonyl (C=O) groups excluding carboxylic acids is 3. The van der Waals surface area contributed by atoms with Gasteiger partial charge in [0.05, 0.1) is 17.2 Å². The highest BCUT2D eigenvalue weighted by Crippen LogP contribution is 2.57. The van der Waals surface area contributed by atoms with Crippen molar-refractivity contribution in [2.45, 2.75) is 30.6 Å². The number of aliphatic hydroxyl groups excluding tert-OH is 2. The standard InChI is InChI=1S/C22H24N2O8.Al/c1-21(31)8-5-4-6-11(25)12(8)16(26)13-9(21)7-10-15(24(2)3)17(27)14(20(23)30)19(29)22(10,32)18(13)28;/h4-6,9-10,15,25-26,29,31-32H,7H2,1-3H3,(H2,23,30);/t9-,10-,15-,21+,22-;/m0./s1. The number of fused-ring (bicyclic) bond motifs is 3. The molecule has 7 N–H and O–H groups in total. The van der Waals surface area contributed by atoms with Gasteiger partial charge in [0.1, 0.15) is 22.8 Å². The van der Waals surface area contributed by atoms with Crippen molar-refractivity contribution in [3.05, 3.63) is 46.2 Å². The molecule has 5 atom stereocenters. The number of phenols is 1. The number of hydrogen-bond donors (Lipinski definition) is 6. The van der Waals surface area contributed by atoms with Gasteiger partial charge in [0.25, 0.3) is 5.91 Å². The second-order valence-corrected chi connectivity index (χ2v) is 8.96. The van der Waals surface area contributed by atoms with Crippen molar-refractivity contribution >= 4 is 40.6 Å². The topological polar surface area (TPSA) is 182 Å². The van der Waals surface area contributed by atoms with Crippen LogP contribution in [0, 0.1) is 11.8 Å². The van der Waals surface area contributed by atoms with Crippen LogP contribution in [0.1, 0.15) is 24.5 Å². The van der Waals surface area contributed by atoms with Gasteiger partial charge in [-0.1, -0.05) is 12.1 Å². The van der Waals surface area contributed by atoms with Crippen LogP contribution in [-0.4, -0.2) is 91.0 Å². The maximum atomic E-state index is 13.7. The van der Waals surface area contributed by atoms with Crippen molar-refractivity contribution in [1.82, 2.24) is 4.90 Å². The van der Waals surface area contributed by atoms with Crippen LogP contribution < -0.4 is 5.73 Å². The molecule has 3 radical (unpaired) electrons. The lowest BCUT2D eigenvalue weighted by atomic mass is 9.54. The Morgan fingerprint density at radius 2 is 1.76 bits per heavy atom. The zero-order valence-corrected chi connectivity index (χ0v) is 19.4. The van der Waals surface area contributed by atoms with Gasteiger partial charge in [-0.15, -0.1) is 0 Å². The normalized spacial score (nSPS) is 33.3. The van der Waals surface area contributed by atoms with Crippen LogP contribution in [0.3, 0.4) is 0 Å². The van der Waals surface area contributed by atoms with Gasteiger partial charge < -0.3 is 31.3 Å². The highest BCUT2D eigenvalue weighted by Gasteiger charge is 2.66. The van der Waals surface area contributed by atoms with Gasteiger partial charge in [0.2, 0.25) is 5.78 Å². The number of benzene rings is 1. The molecule has 1 aromatic rings. The predicted octanol–water partition coefficient (Wildman–Crippen LogP) is -0.752. The van der Waals surface area contributed by atoms with Crippen molar-refractivity contribution < 1.29 is 39.9 Å². The maximum absolute atomic E-state index is 13.7. The lowest BCUT2D eigenvalue weighted by Gasteiger charge is -2.53. The van der Waals surface area contributed by atoms with E-state index in [0.717, 1.165) is 0 Å². The third-order valence-corrected chi connectivity index (χ3v) is 7.02. The first kappa shape index (κ1) is 25.0. The second kappa shape index (κ2) is 7.69. The van der Waals surface area contributed by atoms with E-state index in [2.05, 4.69) is 0 Å². The summed E-state index contributed by atoms with van der Waals surface area (Å²) in [4.78, 5) is 40.0. The number of nitrogens with two attached hydrogens (primary N) is 1. The molecule has 11 heteroatoms. The fraction of sp³-hybridized carbons (Fsp3) is 0.409. The Hall–Kier alpha value is -2.68.